The molecule has 0 unspecified atom stereocenters. The highest BCUT2D eigenvalue weighted by atomic mass is 32.1. The second kappa shape index (κ2) is 11.1. The van der Waals surface area contributed by atoms with E-state index in [0.717, 1.165) is 35.5 Å². The van der Waals surface area contributed by atoms with Crippen LogP contribution in [0.1, 0.15) is 17.0 Å². The highest BCUT2D eigenvalue weighted by Crippen LogP contribution is 2.36. The molecule has 8 heteroatoms. The summed E-state index contributed by atoms with van der Waals surface area (Å²) in [7, 11) is 1.66. The number of carbonyl (C=O) groups is 2. The van der Waals surface area contributed by atoms with Gasteiger partial charge in [-0.3, -0.25) is 14.5 Å². The number of hydrogen-bond donors (Lipinski definition) is 0. The Labute approximate surface area is 196 Å². The van der Waals surface area contributed by atoms with E-state index < -0.39 is 5.97 Å². The summed E-state index contributed by atoms with van der Waals surface area (Å²) < 4.78 is 16.1. The highest BCUT2D eigenvalue weighted by Gasteiger charge is 2.28. The number of thiazole rings is 1. The van der Waals surface area contributed by atoms with Crippen molar-refractivity contribution in [3.63, 3.8) is 0 Å². The summed E-state index contributed by atoms with van der Waals surface area (Å²) in [6.07, 6.45) is 2.30. The molecule has 0 spiro atoms. The van der Waals surface area contributed by atoms with Crippen molar-refractivity contribution in [2.75, 3.05) is 38.4 Å². The van der Waals surface area contributed by atoms with E-state index in [-0.39, 0.29) is 19.1 Å². The van der Waals surface area contributed by atoms with Crippen molar-refractivity contribution in [1.29, 1.82) is 0 Å². The number of ether oxygens (including phenoxy) is 3. The third-order valence-corrected chi connectivity index (χ3v) is 6.18. The lowest BCUT2D eigenvalue weighted by atomic mass is 10.1. The van der Waals surface area contributed by atoms with Crippen LogP contribution in [0.15, 0.2) is 53.9 Å². The molecule has 172 valence electrons. The molecule has 1 amide bonds. The number of nitrogens with zero attached hydrogens (tertiary/aromatic N) is 2. The van der Waals surface area contributed by atoms with E-state index in [1.807, 2.05) is 53.9 Å². The molecule has 0 N–H and O–H groups in total. The van der Waals surface area contributed by atoms with E-state index in [1.165, 1.54) is 10.5 Å². The van der Waals surface area contributed by atoms with E-state index in [9.17, 15) is 9.59 Å². The molecule has 0 saturated heterocycles. The number of rotatable bonds is 10. The van der Waals surface area contributed by atoms with Gasteiger partial charge in [0.2, 0.25) is 0 Å². The Balaban J connectivity index is 1.39. The van der Waals surface area contributed by atoms with Crippen LogP contribution in [-0.2, 0) is 31.9 Å². The van der Waals surface area contributed by atoms with Crippen LogP contribution in [0.5, 0.6) is 5.75 Å². The number of fused-ring (bicyclic) bond motifs is 1. The molecule has 7 nitrogen and oxygen atoms in total. The zero-order chi connectivity index (χ0) is 23.0. The summed E-state index contributed by atoms with van der Waals surface area (Å²) >= 11 is 1.57. The predicted molar refractivity (Wildman–Crippen MR) is 127 cm³/mol. The third-order valence-electron chi connectivity index (χ3n) is 5.27. The second-order valence-electron chi connectivity index (χ2n) is 7.63. The van der Waals surface area contributed by atoms with E-state index in [0.29, 0.717) is 24.7 Å². The number of benzene rings is 2. The lowest BCUT2D eigenvalue weighted by molar-refractivity contribution is -0.143. The molecule has 2 aromatic carbocycles. The van der Waals surface area contributed by atoms with Crippen molar-refractivity contribution in [3.8, 4) is 17.0 Å². The number of aromatic nitrogens is 1. The minimum absolute atomic E-state index is 0.106. The first-order chi connectivity index (χ1) is 16.1. The smallest absolute Gasteiger partial charge is 0.326 e. The summed E-state index contributed by atoms with van der Waals surface area (Å²) in [6.45, 7) is 0.661. The maximum absolute atomic E-state index is 12.5. The van der Waals surface area contributed by atoms with E-state index in [2.05, 4.69) is 4.98 Å². The number of carbonyl (C=O) groups excluding carboxylic acids is 2. The van der Waals surface area contributed by atoms with Gasteiger partial charge in [-0.25, -0.2) is 4.98 Å². The van der Waals surface area contributed by atoms with Crippen LogP contribution in [0.4, 0.5) is 5.69 Å². The Hall–Kier alpha value is -3.23. The standard InChI is InChI=1S/C25H26N2O5S/c1-30-13-11-23-26-20(17-33-23)19-9-10-22-21(14-19)27(24(28)16-32-22)15-25(29)31-12-5-8-18-6-3-2-4-7-18/h2-4,6-7,9-10,14,17H,5,8,11-13,15-16H2,1H3. The van der Waals surface area contributed by atoms with Gasteiger partial charge in [0.25, 0.3) is 5.91 Å². The lowest BCUT2D eigenvalue weighted by Gasteiger charge is -2.29. The van der Waals surface area contributed by atoms with Crippen molar-refractivity contribution in [2.45, 2.75) is 19.3 Å². The molecule has 0 radical (unpaired) electrons. The monoisotopic (exact) mass is 466 g/mol. The van der Waals surface area contributed by atoms with Crippen LogP contribution in [0.3, 0.4) is 0 Å². The largest absolute Gasteiger partial charge is 0.482 e. The topological polar surface area (TPSA) is 78.0 Å². The fourth-order valence-corrected chi connectivity index (χ4v) is 4.35. The minimum Gasteiger partial charge on any atom is -0.482 e. The summed E-state index contributed by atoms with van der Waals surface area (Å²) in [5.41, 5.74) is 3.42. The summed E-state index contributed by atoms with van der Waals surface area (Å²) in [4.78, 5) is 31.1. The van der Waals surface area contributed by atoms with Crippen molar-refractivity contribution in [2.24, 2.45) is 0 Å². The van der Waals surface area contributed by atoms with Crippen molar-refractivity contribution >= 4 is 28.9 Å². The fraction of sp³-hybridized carbons (Fsp3) is 0.320. The summed E-state index contributed by atoms with van der Waals surface area (Å²) in [5.74, 6) is -0.157. The molecule has 4 rings (SSSR count). The van der Waals surface area contributed by atoms with Gasteiger partial charge < -0.3 is 14.2 Å². The molecule has 0 atom stereocenters. The van der Waals surface area contributed by atoms with Gasteiger partial charge in [-0.15, -0.1) is 11.3 Å². The fourth-order valence-electron chi connectivity index (χ4n) is 3.56. The number of methoxy groups -OCH3 is 1. The molecule has 33 heavy (non-hydrogen) atoms. The molecular weight excluding hydrogens is 440 g/mol. The van der Waals surface area contributed by atoms with Crippen LogP contribution in [0.25, 0.3) is 11.3 Å². The Morgan fingerprint density at radius 2 is 2.00 bits per heavy atom. The number of esters is 1. The number of hydrogen-bond acceptors (Lipinski definition) is 7. The van der Waals surface area contributed by atoms with Crippen LogP contribution in [0.2, 0.25) is 0 Å². The molecule has 0 aliphatic carbocycles. The normalized spacial score (nSPS) is 12.9. The summed E-state index contributed by atoms with van der Waals surface area (Å²) in [5, 5.41) is 2.96. The van der Waals surface area contributed by atoms with Gasteiger partial charge in [0.15, 0.2) is 6.61 Å². The van der Waals surface area contributed by atoms with Gasteiger partial charge >= 0.3 is 5.97 Å². The van der Waals surface area contributed by atoms with Crippen molar-refractivity contribution < 1.29 is 23.8 Å². The van der Waals surface area contributed by atoms with E-state index in [1.54, 1.807) is 18.4 Å². The van der Waals surface area contributed by atoms with Gasteiger partial charge in [0.1, 0.15) is 12.3 Å². The van der Waals surface area contributed by atoms with Crippen molar-refractivity contribution in [3.05, 3.63) is 64.5 Å². The van der Waals surface area contributed by atoms with Gasteiger partial charge in [-0.05, 0) is 36.6 Å². The van der Waals surface area contributed by atoms with E-state index >= 15 is 0 Å². The molecule has 0 fully saturated rings. The Morgan fingerprint density at radius 1 is 1.15 bits per heavy atom. The molecule has 2 heterocycles. The van der Waals surface area contributed by atoms with Gasteiger partial charge in [-0.1, -0.05) is 30.3 Å². The second-order valence-corrected chi connectivity index (χ2v) is 8.57. The van der Waals surface area contributed by atoms with Gasteiger partial charge in [-0.2, -0.15) is 0 Å². The van der Waals surface area contributed by atoms with Crippen LogP contribution in [-0.4, -0.2) is 50.3 Å². The predicted octanol–water partition coefficient (Wildman–Crippen LogP) is 3.90. The van der Waals surface area contributed by atoms with Crippen molar-refractivity contribution in [1.82, 2.24) is 4.98 Å². The molecular formula is C25H26N2O5S. The third kappa shape index (κ3) is 5.97. The average Bonchev–Trinajstić information content (AvgIpc) is 3.32. The lowest BCUT2D eigenvalue weighted by Crippen LogP contribution is -2.42. The zero-order valence-corrected chi connectivity index (χ0v) is 19.3. The first-order valence-corrected chi connectivity index (χ1v) is 11.7. The molecule has 3 aromatic rings. The van der Waals surface area contributed by atoms with Gasteiger partial charge in [0.05, 0.1) is 29.6 Å². The number of aryl methyl sites for hydroxylation is 1. The van der Waals surface area contributed by atoms with Gasteiger partial charge in [0, 0.05) is 24.5 Å². The molecule has 1 aliphatic heterocycles. The number of amides is 1. The maximum atomic E-state index is 12.5. The molecule has 0 bridgehead atoms. The number of anilines is 1. The molecule has 0 saturated carbocycles. The first kappa shape index (κ1) is 22.9. The molecule has 1 aromatic heterocycles. The van der Waals surface area contributed by atoms with Crippen LogP contribution in [0, 0.1) is 0 Å². The Morgan fingerprint density at radius 3 is 2.82 bits per heavy atom. The Kier molecular flexibility index (Phi) is 7.70. The van der Waals surface area contributed by atoms with Crippen LogP contribution < -0.4 is 9.64 Å². The highest BCUT2D eigenvalue weighted by molar-refractivity contribution is 7.09. The SMILES string of the molecule is COCCc1nc(-c2ccc3c(c2)N(CC(=O)OCCCc2ccccc2)C(=O)CO3)cs1. The first-order valence-electron chi connectivity index (χ1n) is 10.8. The average molecular weight is 467 g/mol. The summed E-state index contributed by atoms with van der Waals surface area (Å²) in [6, 6.07) is 15.6. The Bertz CT molecular complexity index is 1100. The van der Waals surface area contributed by atoms with E-state index in [4.69, 9.17) is 14.2 Å². The molecule has 1 aliphatic rings. The maximum Gasteiger partial charge on any atom is 0.326 e. The minimum atomic E-state index is -0.440. The zero-order valence-electron chi connectivity index (χ0n) is 18.5. The van der Waals surface area contributed by atoms with Crippen LogP contribution >= 0.6 is 11.3 Å². The quantitative estimate of drug-likeness (QED) is 0.333.